The summed E-state index contributed by atoms with van der Waals surface area (Å²) in [7, 11) is -1.59. The van der Waals surface area contributed by atoms with Crippen LogP contribution in [0, 0.1) is 0 Å². The van der Waals surface area contributed by atoms with Crippen LogP contribution in [0.1, 0.15) is 12.8 Å². The Morgan fingerprint density at radius 2 is 1.94 bits per heavy atom. The molecule has 0 bridgehead atoms. The highest BCUT2D eigenvalue weighted by molar-refractivity contribution is 6.57. The molecule has 1 fully saturated rings. The van der Waals surface area contributed by atoms with Gasteiger partial charge in [0, 0.05) is 19.3 Å². The molecule has 0 radical (unpaired) electrons. The van der Waals surface area contributed by atoms with Gasteiger partial charge in [-0.2, -0.15) is 0 Å². The van der Waals surface area contributed by atoms with Crippen LogP contribution in [0.15, 0.2) is 12.4 Å². The monoisotopic (exact) mass is 223 g/mol. The van der Waals surface area contributed by atoms with E-state index in [1.165, 1.54) is 6.20 Å². The number of hydrogen-bond donors (Lipinski definition) is 3. The highest BCUT2D eigenvalue weighted by atomic mass is 16.4. The van der Waals surface area contributed by atoms with Crippen LogP contribution >= 0.6 is 0 Å². The molecule has 0 amide bonds. The summed E-state index contributed by atoms with van der Waals surface area (Å²) in [6.45, 7) is 1.42. The van der Waals surface area contributed by atoms with E-state index in [1.54, 1.807) is 6.20 Å². The molecular formula is C9H14BN3O3. The first-order valence-corrected chi connectivity index (χ1v) is 5.28. The molecule has 3 N–H and O–H groups in total. The molecule has 1 aliphatic heterocycles. The van der Waals surface area contributed by atoms with E-state index in [2.05, 4.69) is 9.97 Å². The number of piperidine rings is 1. The van der Waals surface area contributed by atoms with Gasteiger partial charge in [-0.05, 0) is 12.8 Å². The van der Waals surface area contributed by atoms with Crippen molar-refractivity contribution in [2.45, 2.75) is 18.9 Å². The van der Waals surface area contributed by atoms with Gasteiger partial charge < -0.3 is 20.1 Å². The molecule has 0 saturated carbocycles. The second-order valence-electron chi connectivity index (χ2n) is 3.89. The third kappa shape index (κ3) is 2.49. The van der Waals surface area contributed by atoms with E-state index in [-0.39, 0.29) is 11.7 Å². The van der Waals surface area contributed by atoms with Gasteiger partial charge >= 0.3 is 7.12 Å². The van der Waals surface area contributed by atoms with Gasteiger partial charge in [-0.1, -0.05) is 0 Å². The van der Waals surface area contributed by atoms with Gasteiger partial charge in [-0.15, -0.1) is 0 Å². The molecule has 1 aliphatic rings. The fourth-order valence-electron chi connectivity index (χ4n) is 1.74. The molecule has 0 spiro atoms. The van der Waals surface area contributed by atoms with Gasteiger partial charge in [0.1, 0.15) is 5.82 Å². The van der Waals surface area contributed by atoms with Crippen molar-refractivity contribution in [3.05, 3.63) is 12.4 Å². The van der Waals surface area contributed by atoms with Crippen molar-refractivity contribution in [1.82, 2.24) is 9.97 Å². The van der Waals surface area contributed by atoms with Crippen molar-refractivity contribution in [1.29, 1.82) is 0 Å². The summed E-state index contributed by atoms with van der Waals surface area (Å²) in [6, 6.07) is 0. The molecule has 0 atom stereocenters. The minimum Gasteiger partial charge on any atom is -0.422 e. The Labute approximate surface area is 93.7 Å². The number of aliphatic hydroxyl groups excluding tert-OH is 1. The summed E-state index contributed by atoms with van der Waals surface area (Å²) in [6.07, 6.45) is 4.08. The molecule has 16 heavy (non-hydrogen) atoms. The van der Waals surface area contributed by atoms with Crippen LogP contribution in [0.2, 0.25) is 0 Å². The average molecular weight is 223 g/mol. The van der Waals surface area contributed by atoms with Crippen LogP contribution < -0.4 is 10.5 Å². The zero-order chi connectivity index (χ0) is 11.5. The normalized spacial score (nSPS) is 17.6. The number of rotatable bonds is 2. The van der Waals surface area contributed by atoms with Crippen molar-refractivity contribution >= 4 is 18.5 Å². The van der Waals surface area contributed by atoms with Gasteiger partial charge in [0.05, 0.1) is 17.9 Å². The first kappa shape index (κ1) is 11.3. The van der Waals surface area contributed by atoms with Crippen LogP contribution in [-0.2, 0) is 0 Å². The fraction of sp³-hybridized carbons (Fsp3) is 0.556. The zero-order valence-corrected chi connectivity index (χ0v) is 8.82. The Bertz CT molecular complexity index is 356. The van der Waals surface area contributed by atoms with Crippen molar-refractivity contribution in [3.8, 4) is 0 Å². The van der Waals surface area contributed by atoms with E-state index in [1.807, 2.05) is 4.90 Å². The molecule has 2 heterocycles. The smallest absolute Gasteiger partial charge is 0.422 e. The lowest BCUT2D eigenvalue weighted by Crippen LogP contribution is -2.39. The minimum absolute atomic E-state index is 0.142. The first-order chi connectivity index (χ1) is 7.66. The third-order valence-electron chi connectivity index (χ3n) is 2.69. The molecule has 6 nitrogen and oxygen atoms in total. The molecule has 86 valence electrons. The van der Waals surface area contributed by atoms with Crippen LogP contribution in [0.5, 0.6) is 0 Å². The van der Waals surface area contributed by atoms with Crippen LogP contribution in [0.25, 0.3) is 0 Å². The Morgan fingerprint density at radius 1 is 1.25 bits per heavy atom. The third-order valence-corrected chi connectivity index (χ3v) is 2.69. The predicted octanol–water partition coefficient (Wildman–Crippen LogP) is -1.88. The topological polar surface area (TPSA) is 89.7 Å². The number of nitrogens with zero attached hydrogens (tertiary/aromatic N) is 3. The molecule has 7 heteroatoms. The number of aromatic nitrogens is 2. The molecule has 0 unspecified atom stereocenters. The summed E-state index contributed by atoms with van der Waals surface area (Å²) < 4.78 is 0. The zero-order valence-electron chi connectivity index (χ0n) is 8.82. The maximum Gasteiger partial charge on any atom is 0.509 e. The minimum atomic E-state index is -1.59. The largest absolute Gasteiger partial charge is 0.509 e. The van der Waals surface area contributed by atoms with Gasteiger partial charge in [0.2, 0.25) is 0 Å². The number of hydrogen-bond acceptors (Lipinski definition) is 6. The van der Waals surface area contributed by atoms with Crippen molar-refractivity contribution in [3.63, 3.8) is 0 Å². The summed E-state index contributed by atoms with van der Waals surface area (Å²) in [4.78, 5) is 9.99. The highest BCUT2D eigenvalue weighted by Gasteiger charge is 2.20. The van der Waals surface area contributed by atoms with Crippen LogP contribution in [0.4, 0.5) is 5.82 Å². The lowest BCUT2D eigenvalue weighted by atomic mass is 9.87. The standard InChI is InChI=1S/C9H14BN3O3/c14-7-1-3-13(4-2-7)9-6-11-5-8(12-9)10(15)16/h5-7,14-16H,1-4H2. The number of aliphatic hydroxyl groups is 1. The van der Waals surface area contributed by atoms with Crippen LogP contribution in [-0.4, -0.2) is 51.4 Å². The summed E-state index contributed by atoms with van der Waals surface area (Å²) in [5, 5.41) is 27.3. The van der Waals surface area contributed by atoms with Gasteiger partial charge in [-0.25, -0.2) is 4.98 Å². The van der Waals surface area contributed by atoms with E-state index >= 15 is 0 Å². The number of anilines is 1. The second-order valence-corrected chi connectivity index (χ2v) is 3.89. The van der Waals surface area contributed by atoms with E-state index < -0.39 is 7.12 Å². The van der Waals surface area contributed by atoms with E-state index in [9.17, 15) is 5.11 Å². The summed E-state index contributed by atoms with van der Waals surface area (Å²) >= 11 is 0. The SMILES string of the molecule is OB(O)c1cncc(N2CCC(O)CC2)n1. The summed E-state index contributed by atoms with van der Waals surface area (Å²) in [5.41, 5.74) is 0.142. The van der Waals surface area contributed by atoms with Crippen molar-refractivity contribution < 1.29 is 15.2 Å². The average Bonchev–Trinajstić information content (AvgIpc) is 2.30. The maximum atomic E-state index is 9.37. The van der Waals surface area contributed by atoms with Gasteiger partial charge in [0.25, 0.3) is 0 Å². The quantitative estimate of drug-likeness (QED) is 0.508. The molecule has 0 aliphatic carbocycles. The Hall–Kier alpha value is -1.18. The van der Waals surface area contributed by atoms with Crippen LogP contribution in [0.3, 0.4) is 0 Å². The highest BCUT2D eigenvalue weighted by Crippen LogP contribution is 2.15. The summed E-state index contributed by atoms with van der Waals surface area (Å²) in [5.74, 6) is 0.623. The molecular weight excluding hydrogens is 209 g/mol. The van der Waals surface area contributed by atoms with Gasteiger partial charge in [-0.3, -0.25) is 4.98 Å². The lowest BCUT2D eigenvalue weighted by Gasteiger charge is -2.30. The van der Waals surface area contributed by atoms with Gasteiger partial charge in [0.15, 0.2) is 0 Å². The van der Waals surface area contributed by atoms with E-state index in [4.69, 9.17) is 10.0 Å². The van der Waals surface area contributed by atoms with E-state index in [0.717, 1.165) is 0 Å². The molecule has 1 aromatic rings. The van der Waals surface area contributed by atoms with E-state index in [0.29, 0.717) is 31.7 Å². The molecule has 2 rings (SSSR count). The Morgan fingerprint density at radius 3 is 2.56 bits per heavy atom. The maximum absolute atomic E-state index is 9.37. The molecule has 1 aromatic heterocycles. The predicted molar refractivity (Wildman–Crippen MR) is 59.3 cm³/mol. The molecule has 1 saturated heterocycles. The second kappa shape index (κ2) is 4.77. The lowest BCUT2D eigenvalue weighted by molar-refractivity contribution is 0.145. The Balaban J connectivity index is 2.11. The van der Waals surface area contributed by atoms with Crippen molar-refractivity contribution in [2.24, 2.45) is 0 Å². The fourth-order valence-corrected chi connectivity index (χ4v) is 1.74. The first-order valence-electron chi connectivity index (χ1n) is 5.28. The molecule has 0 aromatic carbocycles. The van der Waals surface area contributed by atoms with Crippen molar-refractivity contribution in [2.75, 3.05) is 18.0 Å². The Kier molecular flexibility index (Phi) is 3.38.